The van der Waals surface area contributed by atoms with Crippen LogP contribution in [0.1, 0.15) is 40.7 Å². The fourth-order valence-electron chi connectivity index (χ4n) is 6.49. The number of fused-ring (bicyclic) bond motifs is 5. The zero-order chi connectivity index (χ0) is 28.7. The summed E-state index contributed by atoms with van der Waals surface area (Å²) >= 11 is 0. The van der Waals surface area contributed by atoms with Crippen molar-refractivity contribution in [2.75, 3.05) is 31.3 Å². The van der Waals surface area contributed by atoms with Crippen LogP contribution >= 0.6 is 0 Å². The first-order chi connectivity index (χ1) is 19.5. The number of hydrogen-bond acceptors (Lipinski definition) is 4. The molecule has 5 nitrogen and oxygen atoms in total. The molecule has 3 aromatic carbocycles. The molecule has 11 heteroatoms. The van der Waals surface area contributed by atoms with Crippen LogP contribution in [0.3, 0.4) is 0 Å². The molecule has 1 spiro atoms. The van der Waals surface area contributed by atoms with Gasteiger partial charge >= 0.3 is 12.4 Å². The summed E-state index contributed by atoms with van der Waals surface area (Å²) in [4.78, 5) is 16.0. The molecule has 0 bridgehead atoms. The maximum absolute atomic E-state index is 14.5. The number of nitrogens with zero attached hydrogens (tertiary/aromatic N) is 1. The minimum atomic E-state index is -5.02. The lowest BCUT2D eigenvalue weighted by Crippen LogP contribution is -2.45. The third-order valence-electron chi connectivity index (χ3n) is 8.37. The average Bonchev–Trinajstić information content (AvgIpc) is 3.71. The lowest BCUT2D eigenvalue weighted by molar-refractivity contribution is -0.143. The Morgan fingerprint density at radius 3 is 2.34 bits per heavy atom. The molecule has 214 valence electrons. The largest absolute Gasteiger partial charge is 0.493 e. The maximum Gasteiger partial charge on any atom is 0.416 e. The highest BCUT2D eigenvalue weighted by Crippen LogP contribution is 2.57. The monoisotopic (exact) mass is 575 g/mol. The molecule has 3 aromatic rings. The van der Waals surface area contributed by atoms with Crippen LogP contribution in [-0.2, 0) is 33.7 Å². The second-order valence-corrected chi connectivity index (χ2v) is 10.8. The Morgan fingerprint density at radius 1 is 0.902 bits per heavy atom. The molecule has 0 saturated carbocycles. The summed E-state index contributed by atoms with van der Waals surface area (Å²) in [6, 6.07) is 9.74. The zero-order valence-electron chi connectivity index (χ0n) is 21.5. The SMILES string of the molecule is O=C1N(CC2CCCO2)c2cccc(-c3cc(C(F)(F)F)cc(C(F)(F)F)c3)c2C12COc1cc3c(cc12)CCO3. The van der Waals surface area contributed by atoms with Gasteiger partial charge in [-0.2, -0.15) is 26.3 Å². The van der Waals surface area contributed by atoms with Gasteiger partial charge in [0.25, 0.3) is 0 Å². The van der Waals surface area contributed by atoms with Crippen molar-refractivity contribution in [1.82, 2.24) is 0 Å². The third-order valence-corrected chi connectivity index (χ3v) is 8.37. The van der Waals surface area contributed by atoms with E-state index in [0.717, 1.165) is 18.4 Å². The van der Waals surface area contributed by atoms with E-state index < -0.39 is 28.9 Å². The molecule has 0 aromatic heterocycles. The lowest BCUT2D eigenvalue weighted by Gasteiger charge is -2.25. The van der Waals surface area contributed by atoms with E-state index in [4.69, 9.17) is 14.2 Å². The van der Waals surface area contributed by atoms with E-state index >= 15 is 0 Å². The predicted molar refractivity (Wildman–Crippen MR) is 135 cm³/mol. The van der Waals surface area contributed by atoms with Gasteiger partial charge in [0, 0.05) is 35.9 Å². The number of rotatable bonds is 3. The highest BCUT2D eigenvalue weighted by molar-refractivity contribution is 6.13. The highest BCUT2D eigenvalue weighted by atomic mass is 19.4. The first-order valence-electron chi connectivity index (χ1n) is 13.3. The van der Waals surface area contributed by atoms with Crippen molar-refractivity contribution in [2.45, 2.75) is 43.1 Å². The number of anilines is 1. The van der Waals surface area contributed by atoms with Crippen LogP contribution in [0, 0.1) is 0 Å². The van der Waals surface area contributed by atoms with Gasteiger partial charge in [0.15, 0.2) is 0 Å². The summed E-state index contributed by atoms with van der Waals surface area (Å²) in [5.41, 5.74) is -2.36. The summed E-state index contributed by atoms with van der Waals surface area (Å²) in [5.74, 6) is 0.679. The quantitative estimate of drug-likeness (QED) is 0.334. The summed E-state index contributed by atoms with van der Waals surface area (Å²) in [5, 5.41) is 0. The Labute approximate surface area is 230 Å². The van der Waals surface area contributed by atoms with Crippen LogP contribution in [-0.4, -0.2) is 38.4 Å². The molecular formula is C30H23F6NO4. The van der Waals surface area contributed by atoms with Gasteiger partial charge in [-0.25, -0.2) is 0 Å². The number of hydrogen-bond donors (Lipinski definition) is 0. The van der Waals surface area contributed by atoms with Gasteiger partial charge in [0.05, 0.1) is 30.4 Å². The van der Waals surface area contributed by atoms with Gasteiger partial charge in [0.1, 0.15) is 23.5 Å². The molecule has 0 N–H and O–H groups in total. The van der Waals surface area contributed by atoms with Crippen molar-refractivity contribution in [1.29, 1.82) is 0 Å². The molecule has 4 aliphatic rings. The van der Waals surface area contributed by atoms with Crippen LogP contribution in [0.15, 0.2) is 48.5 Å². The normalized spacial score (nSPS) is 23.0. The molecule has 4 heterocycles. The second kappa shape index (κ2) is 8.88. The van der Waals surface area contributed by atoms with Crippen molar-refractivity contribution in [2.24, 2.45) is 0 Å². The van der Waals surface area contributed by atoms with Crippen LogP contribution in [0.25, 0.3) is 11.1 Å². The molecule has 0 aliphatic carbocycles. The van der Waals surface area contributed by atoms with E-state index in [1.165, 1.54) is 6.07 Å². The third kappa shape index (κ3) is 3.99. The summed E-state index contributed by atoms with van der Waals surface area (Å²) in [6.07, 6.45) is -8.12. The number of alkyl halides is 6. The number of halogens is 6. The van der Waals surface area contributed by atoms with Gasteiger partial charge in [-0.1, -0.05) is 12.1 Å². The summed E-state index contributed by atoms with van der Waals surface area (Å²) < 4.78 is 100. The second-order valence-electron chi connectivity index (χ2n) is 10.8. The number of carbonyl (C=O) groups excluding carboxylic acids is 1. The van der Waals surface area contributed by atoms with E-state index in [0.29, 0.717) is 60.1 Å². The van der Waals surface area contributed by atoms with Gasteiger partial charge in [-0.05, 0) is 59.9 Å². The Bertz CT molecular complexity index is 1540. The van der Waals surface area contributed by atoms with Crippen molar-refractivity contribution in [3.8, 4) is 22.6 Å². The first-order valence-corrected chi connectivity index (χ1v) is 13.3. The first kappa shape index (κ1) is 26.2. The fourth-order valence-corrected chi connectivity index (χ4v) is 6.49. The molecular weight excluding hydrogens is 552 g/mol. The summed E-state index contributed by atoms with van der Waals surface area (Å²) in [6.45, 7) is 1.06. The van der Waals surface area contributed by atoms with Gasteiger partial charge in [-0.3, -0.25) is 4.79 Å². The molecule has 2 atom stereocenters. The molecule has 1 amide bonds. The van der Waals surface area contributed by atoms with E-state index in [9.17, 15) is 31.1 Å². The standard InChI is InChI=1S/C30H23F6NO4/c31-29(32,33)18-9-17(10-19(12-18)30(34,35)36)21-4-1-5-23-26(21)28(27(38)37(23)14-20-3-2-7-39-20)15-41-25-13-24-16(6-8-40-24)11-22(25)28/h1,4-5,9-13,20H,2-3,6-8,14-15H2. The van der Waals surface area contributed by atoms with Crippen molar-refractivity contribution in [3.63, 3.8) is 0 Å². The molecule has 0 radical (unpaired) electrons. The minimum Gasteiger partial charge on any atom is -0.493 e. The average molecular weight is 576 g/mol. The molecule has 2 unspecified atom stereocenters. The topological polar surface area (TPSA) is 48.0 Å². The number of carbonyl (C=O) groups is 1. The van der Waals surface area contributed by atoms with E-state index in [2.05, 4.69) is 0 Å². The van der Waals surface area contributed by atoms with Gasteiger partial charge in [0.2, 0.25) is 5.91 Å². The number of amides is 1. The zero-order valence-corrected chi connectivity index (χ0v) is 21.5. The van der Waals surface area contributed by atoms with E-state index in [-0.39, 0.29) is 42.4 Å². The molecule has 4 aliphatic heterocycles. The maximum atomic E-state index is 14.5. The van der Waals surface area contributed by atoms with Crippen LogP contribution in [0.4, 0.5) is 32.0 Å². The fraction of sp³-hybridized carbons (Fsp3) is 0.367. The van der Waals surface area contributed by atoms with Crippen molar-refractivity contribution >= 4 is 11.6 Å². The summed E-state index contributed by atoms with van der Waals surface area (Å²) in [7, 11) is 0. The highest BCUT2D eigenvalue weighted by Gasteiger charge is 2.58. The molecule has 41 heavy (non-hydrogen) atoms. The Morgan fingerprint density at radius 2 is 1.66 bits per heavy atom. The molecule has 1 saturated heterocycles. The number of ether oxygens (including phenoxy) is 3. The van der Waals surface area contributed by atoms with E-state index in [1.54, 1.807) is 23.1 Å². The van der Waals surface area contributed by atoms with Crippen LogP contribution in [0.5, 0.6) is 11.5 Å². The lowest BCUT2D eigenvalue weighted by atomic mass is 9.73. The van der Waals surface area contributed by atoms with Crippen molar-refractivity contribution in [3.05, 3.63) is 76.3 Å². The molecule has 1 fully saturated rings. The van der Waals surface area contributed by atoms with Gasteiger partial charge < -0.3 is 19.1 Å². The smallest absolute Gasteiger partial charge is 0.416 e. The predicted octanol–water partition coefficient (Wildman–Crippen LogP) is 6.53. The Kier molecular flexibility index (Phi) is 5.67. The van der Waals surface area contributed by atoms with Crippen LogP contribution in [0.2, 0.25) is 0 Å². The Hall–Kier alpha value is -3.73. The van der Waals surface area contributed by atoms with Crippen LogP contribution < -0.4 is 14.4 Å². The van der Waals surface area contributed by atoms with Crippen molar-refractivity contribution < 1.29 is 45.3 Å². The molecule has 7 rings (SSSR count). The minimum absolute atomic E-state index is 0.106. The Balaban J connectivity index is 1.48. The number of benzene rings is 3. The van der Waals surface area contributed by atoms with E-state index in [1.807, 2.05) is 6.07 Å². The van der Waals surface area contributed by atoms with Gasteiger partial charge in [-0.15, -0.1) is 0 Å².